The molecule has 0 N–H and O–H groups in total. The number of likely N-dealkylation sites (tertiary alicyclic amines) is 1. The van der Waals surface area contributed by atoms with Crippen LogP contribution in [0.4, 0.5) is 0 Å². The summed E-state index contributed by atoms with van der Waals surface area (Å²) >= 11 is 0. The van der Waals surface area contributed by atoms with Gasteiger partial charge in [-0.15, -0.1) is 0 Å². The summed E-state index contributed by atoms with van der Waals surface area (Å²) in [7, 11) is 0. The number of carbonyl (C=O) groups excluding carboxylic acids is 3. The molecule has 1 saturated heterocycles. The normalized spacial score (nSPS) is 16.5. The van der Waals surface area contributed by atoms with Gasteiger partial charge >= 0.3 is 5.97 Å². The standard InChI is InChI=1S/C10H13NO4/c1-2-15-10(14)4-3-7-11-8(12)5-6-9(11)13/h3-4H,2,5-7H2,1H3/b4-3+. The maximum absolute atomic E-state index is 11.1. The molecule has 0 atom stereocenters. The quantitative estimate of drug-likeness (QED) is 0.380. The van der Waals surface area contributed by atoms with E-state index in [0.29, 0.717) is 6.61 Å². The number of nitrogens with zero attached hydrogens (tertiary/aromatic N) is 1. The highest BCUT2D eigenvalue weighted by Crippen LogP contribution is 2.10. The first-order chi connectivity index (χ1) is 7.15. The van der Waals surface area contributed by atoms with Crippen molar-refractivity contribution in [2.45, 2.75) is 19.8 Å². The highest BCUT2D eigenvalue weighted by molar-refractivity contribution is 6.02. The topological polar surface area (TPSA) is 63.7 Å². The molecule has 2 amide bonds. The lowest BCUT2D eigenvalue weighted by atomic mass is 10.4. The Morgan fingerprint density at radius 3 is 2.53 bits per heavy atom. The van der Waals surface area contributed by atoms with Gasteiger partial charge in [0.2, 0.25) is 11.8 Å². The maximum atomic E-state index is 11.1. The Morgan fingerprint density at radius 1 is 1.40 bits per heavy atom. The van der Waals surface area contributed by atoms with Crippen molar-refractivity contribution >= 4 is 17.8 Å². The molecule has 0 saturated carbocycles. The molecule has 5 nitrogen and oxygen atoms in total. The molecule has 15 heavy (non-hydrogen) atoms. The van der Waals surface area contributed by atoms with Gasteiger partial charge in [0.1, 0.15) is 0 Å². The molecule has 1 rings (SSSR count). The van der Waals surface area contributed by atoms with Crippen LogP contribution in [-0.4, -0.2) is 35.8 Å². The van der Waals surface area contributed by atoms with Crippen molar-refractivity contribution in [1.82, 2.24) is 4.90 Å². The fourth-order valence-electron chi connectivity index (χ4n) is 1.27. The zero-order chi connectivity index (χ0) is 11.3. The van der Waals surface area contributed by atoms with E-state index < -0.39 is 5.97 Å². The molecule has 0 unspecified atom stereocenters. The number of carbonyl (C=O) groups is 3. The number of ether oxygens (including phenoxy) is 1. The Hall–Kier alpha value is -1.65. The highest BCUT2D eigenvalue weighted by atomic mass is 16.5. The fourth-order valence-corrected chi connectivity index (χ4v) is 1.27. The predicted octanol–water partition coefficient (Wildman–Crippen LogP) is 0.255. The average molecular weight is 211 g/mol. The summed E-state index contributed by atoms with van der Waals surface area (Å²) in [6.45, 7) is 2.17. The first-order valence-corrected chi connectivity index (χ1v) is 4.81. The number of imide groups is 1. The third kappa shape index (κ3) is 3.19. The van der Waals surface area contributed by atoms with Gasteiger partial charge in [0, 0.05) is 25.5 Å². The van der Waals surface area contributed by atoms with Crippen molar-refractivity contribution in [3.63, 3.8) is 0 Å². The molecule has 0 aromatic rings. The minimum Gasteiger partial charge on any atom is -0.463 e. The maximum Gasteiger partial charge on any atom is 0.330 e. The fraction of sp³-hybridized carbons (Fsp3) is 0.500. The summed E-state index contributed by atoms with van der Waals surface area (Å²) in [5, 5.41) is 0. The second-order valence-corrected chi connectivity index (χ2v) is 3.05. The summed E-state index contributed by atoms with van der Waals surface area (Å²) in [6.07, 6.45) is 3.22. The van der Waals surface area contributed by atoms with Gasteiger partial charge in [-0.05, 0) is 6.92 Å². The molecule has 0 spiro atoms. The Bertz CT molecular complexity index is 293. The van der Waals surface area contributed by atoms with E-state index in [0.717, 1.165) is 4.90 Å². The van der Waals surface area contributed by atoms with Crippen molar-refractivity contribution in [1.29, 1.82) is 0 Å². The molecule has 1 aliphatic heterocycles. The third-order valence-electron chi connectivity index (χ3n) is 1.98. The van der Waals surface area contributed by atoms with Gasteiger partial charge in [-0.3, -0.25) is 14.5 Å². The molecular weight excluding hydrogens is 198 g/mol. The largest absolute Gasteiger partial charge is 0.463 e. The molecule has 0 aliphatic carbocycles. The van der Waals surface area contributed by atoms with E-state index in [1.165, 1.54) is 12.2 Å². The molecule has 5 heteroatoms. The predicted molar refractivity (Wildman–Crippen MR) is 51.7 cm³/mol. The molecule has 1 fully saturated rings. The molecule has 1 aliphatic rings. The average Bonchev–Trinajstić information content (AvgIpc) is 2.49. The van der Waals surface area contributed by atoms with E-state index in [1.807, 2.05) is 0 Å². The molecule has 0 aromatic carbocycles. The zero-order valence-electron chi connectivity index (χ0n) is 8.56. The number of amides is 2. The lowest BCUT2D eigenvalue weighted by Gasteiger charge is -2.09. The summed E-state index contributed by atoms with van der Waals surface area (Å²) < 4.78 is 4.65. The van der Waals surface area contributed by atoms with E-state index >= 15 is 0 Å². The van der Waals surface area contributed by atoms with E-state index in [1.54, 1.807) is 6.92 Å². The van der Waals surface area contributed by atoms with Crippen molar-refractivity contribution in [2.24, 2.45) is 0 Å². The van der Waals surface area contributed by atoms with Crippen molar-refractivity contribution in [3.05, 3.63) is 12.2 Å². The smallest absolute Gasteiger partial charge is 0.330 e. The lowest BCUT2D eigenvalue weighted by molar-refractivity contribution is -0.139. The summed E-state index contributed by atoms with van der Waals surface area (Å²) in [4.78, 5) is 34.3. The number of rotatable bonds is 4. The van der Waals surface area contributed by atoms with Crippen LogP contribution < -0.4 is 0 Å². The van der Waals surface area contributed by atoms with Gasteiger partial charge in [-0.2, -0.15) is 0 Å². The molecular formula is C10H13NO4. The van der Waals surface area contributed by atoms with Crippen LogP contribution >= 0.6 is 0 Å². The number of esters is 1. The second-order valence-electron chi connectivity index (χ2n) is 3.05. The molecule has 82 valence electrons. The van der Waals surface area contributed by atoms with Gasteiger partial charge in [0.25, 0.3) is 0 Å². The van der Waals surface area contributed by atoms with Gasteiger partial charge in [-0.25, -0.2) is 4.79 Å². The van der Waals surface area contributed by atoms with E-state index in [9.17, 15) is 14.4 Å². The van der Waals surface area contributed by atoms with Gasteiger partial charge in [0.15, 0.2) is 0 Å². The summed E-state index contributed by atoms with van der Waals surface area (Å²) in [5.41, 5.74) is 0. The number of hydrogen-bond acceptors (Lipinski definition) is 4. The van der Waals surface area contributed by atoms with Crippen LogP contribution in [0.1, 0.15) is 19.8 Å². The van der Waals surface area contributed by atoms with Crippen LogP contribution in [0.5, 0.6) is 0 Å². The van der Waals surface area contributed by atoms with Crippen LogP contribution in [0.25, 0.3) is 0 Å². The zero-order valence-corrected chi connectivity index (χ0v) is 8.56. The first kappa shape index (κ1) is 11.4. The number of hydrogen-bond donors (Lipinski definition) is 0. The molecule has 0 radical (unpaired) electrons. The SMILES string of the molecule is CCOC(=O)/C=C/CN1C(=O)CCC1=O. The minimum absolute atomic E-state index is 0.149. The first-order valence-electron chi connectivity index (χ1n) is 4.81. The van der Waals surface area contributed by atoms with Crippen LogP contribution in [0.15, 0.2) is 12.2 Å². The van der Waals surface area contributed by atoms with Crippen LogP contribution in [-0.2, 0) is 19.1 Å². The Labute approximate surface area is 87.7 Å². The lowest BCUT2D eigenvalue weighted by Crippen LogP contribution is -2.29. The van der Waals surface area contributed by atoms with Gasteiger partial charge in [0.05, 0.1) is 6.61 Å². The highest BCUT2D eigenvalue weighted by Gasteiger charge is 2.27. The van der Waals surface area contributed by atoms with Crippen LogP contribution in [0.2, 0.25) is 0 Å². The summed E-state index contributed by atoms with van der Waals surface area (Å²) in [6, 6.07) is 0. The van der Waals surface area contributed by atoms with Crippen molar-refractivity contribution in [2.75, 3.05) is 13.2 Å². The molecule has 0 bridgehead atoms. The van der Waals surface area contributed by atoms with Crippen molar-refractivity contribution in [3.8, 4) is 0 Å². The minimum atomic E-state index is -0.461. The van der Waals surface area contributed by atoms with E-state index in [2.05, 4.69) is 4.74 Å². The van der Waals surface area contributed by atoms with Crippen molar-refractivity contribution < 1.29 is 19.1 Å². The third-order valence-corrected chi connectivity index (χ3v) is 1.98. The van der Waals surface area contributed by atoms with E-state index in [-0.39, 0.29) is 31.2 Å². The Balaban J connectivity index is 2.39. The molecule has 0 aromatic heterocycles. The Morgan fingerprint density at radius 2 is 2.00 bits per heavy atom. The monoisotopic (exact) mass is 211 g/mol. The second kappa shape index (κ2) is 5.29. The van der Waals surface area contributed by atoms with Gasteiger partial charge < -0.3 is 4.74 Å². The summed E-state index contributed by atoms with van der Waals surface area (Å²) in [5.74, 6) is -0.835. The van der Waals surface area contributed by atoms with E-state index in [4.69, 9.17) is 0 Å². The van der Waals surface area contributed by atoms with Gasteiger partial charge in [-0.1, -0.05) is 6.08 Å². The molecule has 1 heterocycles. The van der Waals surface area contributed by atoms with Crippen LogP contribution in [0, 0.1) is 0 Å². The Kier molecular flexibility index (Phi) is 4.03. The van der Waals surface area contributed by atoms with Crippen LogP contribution in [0.3, 0.4) is 0 Å².